The summed E-state index contributed by atoms with van der Waals surface area (Å²) < 4.78 is 5.32. The molecular formula is C12H14N2O7. The van der Waals surface area contributed by atoms with Crippen molar-refractivity contribution in [3.63, 3.8) is 0 Å². The lowest BCUT2D eigenvalue weighted by molar-refractivity contribution is -0.395. The maximum atomic E-state index is 11.2. The van der Waals surface area contributed by atoms with Crippen molar-refractivity contribution in [1.82, 2.24) is 0 Å². The molecule has 1 aromatic carbocycles. The number of carboxylic acids is 1. The van der Waals surface area contributed by atoms with E-state index in [0.717, 1.165) is 12.1 Å². The lowest BCUT2D eigenvalue weighted by Crippen LogP contribution is -2.12. The molecule has 114 valence electrons. The molecule has 9 heteroatoms. The average molecular weight is 298 g/mol. The van der Waals surface area contributed by atoms with Gasteiger partial charge in [-0.2, -0.15) is 0 Å². The monoisotopic (exact) mass is 298 g/mol. The third-order valence-electron chi connectivity index (χ3n) is 2.76. The lowest BCUT2D eigenvalue weighted by Gasteiger charge is -2.15. The summed E-state index contributed by atoms with van der Waals surface area (Å²) in [5.74, 6) is -1.48. The van der Waals surface area contributed by atoms with Crippen LogP contribution in [0.5, 0.6) is 0 Å². The maximum absolute atomic E-state index is 11.2. The number of benzene rings is 1. The molecule has 1 aromatic rings. The van der Waals surface area contributed by atoms with Crippen LogP contribution in [-0.2, 0) is 4.74 Å². The van der Waals surface area contributed by atoms with Gasteiger partial charge in [-0.25, -0.2) is 4.79 Å². The molecule has 0 spiro atoms. The molecule has 0 heterocycles. The summed E-state index contributed by atoms with van der Waals surface area (Å²) in [7, 11) is 0. The van der Waals surface area contributed by atoms with Gasteiger partial charge in [0.15, 0.2) is 0 Å². The van der Waals surface area contributed by atoms with Crippen LogP contribution in [0.25, 0.3) is 0 Å². The molecule has 0 aliphatic heterocycles. The summed E-state index contributed by atoms with van der Waals surface area (Å²) >= 11 is 0. The number of ether oxygens (including phenoxy) is 1. The fourth-order valence-electron chi connectivity index (χ4n) is 1.86. The number of hydrogen-bond donors (Lipinski definition) is 1. The van der Waals surface area contributed by atoms with Crippen LogP contribution in [0.3, 0.4) is 0 Å². The molecule has 0 radical (unpaired) electrons. The van der Waals surface area contributed by atoms with Crippen LogP contribution in [-0.4, -0.2) is 27.5 Å². The van der Waals surface area contributed by atoms with E-state index in [9.17, 15) is 25.0 Å². The summed E-state index contributed by atoms with van der Waals surface area (Å²) in [6.45, 7) is 3.58. The van der Waals surface area contributed by atoms with Gasteiger partial charge >= 0.3 is 5.97 Å². The van der Waals surface area contributed by atoms with Crippen molar-refractivity contribution in [3.8, 4) is 0 Å². The number of carboxylic acid groups (broad SMARTS) is 1. The summed E-state index contributed by atoms with van der Waals surface area (Å²) in [5, 5.41) is 31.0. The van der Waals surface area contributed by atoms with E-state index in [0.29, 0.717) is 6.42 Å². The number of nitrogens with zero attached hydrogens (tertiary/aromatic N) is 2. The van der Waals surface area contributed by atoms with E-state index in [1.54, 1.807) is 0 Å². The smallest absolute Gasteiger partial charge is 0.336 e. The Morgan fingerprint density at radius 1 is 1.33 bits per heavy atom. The Labute approximate surface area is 119 Å². The first-order chi connectivity index (χ1) is 9.79. The van der Waals surface area contributed by atoms with Gasteiger partial charge in [0.1, 0.15) is 0 Å². The quantitative estimate of drug-likeness (QED) is 0.604. The predicted molar refractivity (Wildman–Crippen MR) is 71.4 cm³/mol. The van der Waals surface area contributed by atoms with Crippen molar-refractivity contribution in [2.45, 2.75) is 26.4 Å². The molecule has 0 aliphatic carbocycles. The Morgan fingerprint density at radius 2 is 1.95 bits per heavy atom. The fraction of sp³-hybridized carbons (Fsp3) is 0.417. The molecule has 1 N–H and O–H groups in total. The van der Waals surface area contributed by atoms with Gasteiger partial charge in [0.05, 0.1) is 33.1 Å². The van der Waals surface area contributed by atoms with Gasteiger partial charge in [0.25, 0.3) is 11.4 Å². The van der Waals surface area contributed by atoms with Crippen LogP contribution in [0.2, 0.25) is 0 Å². The van der Waals surface area contributed by atoms with E-state index in [4.69, 9.17) is 9.84 Å². The molecule has 0 fully saturated rings. The van der Waals surface area contributed by atoms with Gasteiger partial charge in [-0.05, 0) is 13.3 Å². The zero-order valence-electron chi connectivity index (χ0n) is 11.4. The Balaban J connectivity index is 3.53. The normalized spacial score (nSPS) is 11.9. The highest BCUT2D eigenvalue weighted by molar-refractivity contribution is 5.92. The van der Waals surface area contributed by atoms with Gasteiger partial charge in [0, 0.05) is 12.7 Å². The van der Waals surface area contributed by atoms with Gasteiger partial charge in [0.2, 0.25) is 0 Å². The first-order valence-electron chi connectivity index (χ1n) is 6.11. The Hall–Kier alpha value is -2.55. The number of aromatic carboxylic acids is 1. The first-order valence-corrected chi connectivity index (χ1v) is 6.11. The number of nitro groups is 2. The second-order valence-electron chi connectivity index (χ2n) is 4.26. The van der Waals surface area contributed by atoms with E-state index in [1.807, 2.05) is 6.92 Å². The standard InChI is InChI=1S/C12H14N2O7/c1-3-4-21-7(2)11-9(12(15)16)5-8(13(17)18)6-10(11)14(19)20/h5-7H,3-4H2,1-2H3,(H,15,16). The van der Waals surface area contributed by atoms with Gasteiger partial charge < -0.3 is 9.84 Å². The number of rotatable bonds is 7. The highest BCUT2D eigenvalue weighted by Crippen LogP contribution is 2.34. The number of carbonyl (C=O) groups is 1. The molecule has 0 bridgehead atoms. The molecule has 9 nitrogen and oxygen atoms in total. The van der Waals surface area contributed by atoms with Crippen molar-refractivity contribution in [2.75, 3.05) is 6.61 Å². The van der Waals surface area contributed by atoms with Crippen molar-refractivity contribution in [1.29, 1.82) is 0 Å². The van der Waals surface area contributed by atoms with Crippen LogP contribution in [0.15, 0.2) is 12.1 Å². The van der Waals surface area contributed by atoms with E-state index >= 15 is 0 Å². The molecule has 1 atom stereocenters. The van der Waals surface area contributed by atoms with Crippen LogP contribution in [0.4, 0.5) is 11.4 Å². The second kappa shape index (κ2) is 6.75. The zero-order chi connectivity index (χ0) is 16.2. The number of nitro benzene ring substituents is 2. The molecule has 0 saturated heterocycles. The minimum Gasteiger partial charge on any atom is -0.478 e. The van der Waals surface area contributed by atoms with Gasteiger partial charge in [-0.3, -0.25) is 20.2 Å². The van der Waals surface area contributed by atoms with Crippen molar-refractivity contribution >= 4 is 17.3 Å². The van der Waals surface area contributed by atoms with Crippen molar-refractivity contribution in [2.24, 2.45) is 0 Å². The SMILES string of the molecule is CCCOC(C)c1c(C(=O)O)cc([N+](=O)[O-])cc1[N+](=O)[O-]. The molecule has 0 amide bonds. The van der Waals surface area contributed by atoms with Crippen LogP contribution in [0.1, 0.15) is 42.3 Å². The molecule has 1 rings (SSSR count). The third kappa shape index (κ3) is 3.72. The van der Waals surface area contributed by atoms with E-state index in [2.05, 4.69) is 0 Å². The van der Waals surface area contributed by atoms with E-state index in [-0.39, 0.29) is 12.2 Å². The summed E-state index contributed by atoms with van der Waals surface area (Å²) in [4.78, 5) is 31.4. The second-order valence-corrected chi connectivity index (χ2v) is 4.26. The van der Waals surface area contributed by atoms with Crippen molar-refractivity contribution in [3.05, 3.63) is 43.5 Å². The lowest BCUT2D eigenvalue weighted by atomic mass is 10.00. The Morgan fingerprint density at radius 3 is 2.38 bits per heavy atom. The fourth-order valence-corrected chi connectivity index (χ4v) is 1.86. The third-order valence-corrected chi connectivity index (χ3v) is 2.76. The number of non-ortho nitro benzene ring substituents is 1. The van der Waals surface area contributed by atoms with Crippen LogP contribution >= 0.6 is 0 Å². The minimum atomic E-state index is -1.48. The Kier molecular flexibility index (Phi) is 5.30. The minimum absolute atomic E-state index is 0.174. The van der Waals surface area contributed by atoms with E-state index in [1.165, 1.54) is 6.92 Å². The summed E-state index contributed by atoms with van der Waals surface area (Å²) in [6.07, 6.45) is -0.217. The molecule has 0 saturated carbocycles. The van der Waals surface area contributed by atoms with Crippen LogP contribution in [0, 0.1) is 20.2 Å². The first kappa shape index (κ1) is 16.5. The van der Waals surface area contributed by atoms with Gasteiger partial charge in [-0.15, -0.1) is 0 Å². The molecule has 0 aliphatic rings. The van der Waals surface area contributed by atoms with Crippen molar-refractivity contribution < 1.29 is 24.5 Å². The van der Waals surface area contributed by atoms with E-state index < -0.39 is 38.9 Å². The Bertz CT molecular complexity index is 550. The van der Waals surface area contributed by atoms with Gasteiger partial charge in [-0.1, -0.05) is 6.92 Å². The summed E-state index contributed by atoms with van der Waals surface area (Å²) in [5.41, 5.74) is -1.96. The largest absolute Gasteiger partial charge is 0.478 e. The predicted octanol–water partition coefficient (Wildman–Crippen LogP) is 2.69. The zero-order valence-corrected chi connectivity index (χ0v) is 11.4. The average Bonchev–Trinajstić information content (AvgIpc) is 2.42. The maximum Gasteiger partial charge on any atom is 0.336 e. The molecule has 21 heavy (non-hydrogen) atoms. The highest BCUT2D eigenvalue weighted by atomic mass is 16.6. The van der Waals surface area contributed by atoms with Crippen LogP contribution < -0.4 is 0 Å². The molecule has 0 aromatic heterocycles. The number of hydrogen-bond acceptors (Lipinski definition) is 6. The molecular weight excluding hydrogens is 284 g/mol. The summed E-state index contributed by atoms with van der Waals surface area (Å²) in [6, 6.07) is 1.55. The topological polar surface area (TPSA) is 133 Å². The molecule has 1 unspecified atom stereocenters. The highest BCUT2D eigenvalue weighted by Gasteiger charge is 2.30.